The molecule has 26 heavy (non-hydrogen) atoms. The zero-order valence-electron chi connectivity index (χ0n) is 14.7. The van der Waals surface area contributed by atoms with Gasteiger partial charge in [-0.25, -0.2) is 12.8 Å². The quantitative estimate of drug-likeness (QED) is 0.801. The summed E-state index contributed by atoms with van der Waals surface area (Å²) in [5.41, 5.74) is 0.0214. The zero-order valence-corrected chi connectivity index (χ0v) is 16.4. The van der Waals surface area contributed by atoms with Gasteiger partial charge in [-0.15, -0.1) is 11.3 Å². The number of sulfonamides is 1. The fraction of sp³-hybridized carbons (Fsp3) is 0.389. The van der Waals surface area contributed by atoms with E-state index >= 15 is 0 Å². The summed E-state index contributed by atoms with van der Waals surface area (Å²) in [5, 5.41) is 0. The average Bonchev–Trinajstić information content (AvgIpc) is 2.81. The van der Waals surface area contributed by atoms with Crippen LogP contribution in [0.2, 0.25) is 0 Å². The molecule has 0 saturated carbocycles. The number of rotatable bonds is 3. The normalized spacial score (nSPS) is 16.5. The second kappa shape index (κ2) is 7.46. The van der Waals surface area contributed by atoms with Crippen LogP contribution in [0.4, 0.5) is 4.39 Å². The standard InChI is InChI=1S/C18H21FN2O3S2/c1-13-12-17(14(2)25-13)26(23,24)21-9-5-8-20(10-11-21)18(22)15-6-3-4-7-16(15)19/h3-4,6-7,12H,5,8-11H2,1-2H3. The summed E-state index contributed by atoms with van der Waals surface area (Å²) in [6, 6.07) is 7.56. The maximum absolute atomic E-state index is 13.9. The van der Waals surface area contributed by atoms with E-state index in [9.17, 15) is 17.6 Å². The van der Waals surface area contributed by atoms with E-state index in [0.29, 0.717) is 24.4 Å². The lowest BCUT2D eigenvalue weighted by Gasteiger charge is -2.22. The van der Waals surface area contributed by atoms with E-state index in [0.717, 1.165) is 9.75 Å². The fourth-order valence-corrected chi connectivity index (χ4v) is 6.14. The minimum atomic E-state index is -3.59. The molecule has 1 aromatic heterocycles. The molecule has 1 aliphatic heterocycles. The third kappa shape index (κ3) is 3.67. The molecule has 0 bridgehead atoms. The molecule has 0 aliphatic carbocycles. The first-order valence-corrected chi connectivity index (χ1v) is 10.7. The van der Waals surface area contributed by atoms with Gasteiger partial charge in [0.05, 0.1) is 10.5 Å². The first-order chi connectivity index (χ1) is 12.3. The molecule has 1 saturated heterocycles. The van der Waals surface area contributed by atoms with Crippen LogP contribution in [0.3, 0.4) is 0 Å². The van der Waals surface area contributed by atoms with Gasteiger partial charge in [0.15, 0.2) is 0 Å². The molecule has 0 unspecified atom stereocenters. The summed E-state index contributed by atoms with van der Waals surface area (Å²) in [4.78, 5) is 16.2. The summed E-state index contributed by atoms with van der Waals surface area (Å²) in [7, 11) is -3.59. The van der Waals surface area contributed by atoms with E-state index in [1.807, 2.05) is 6.92 Å². The van der Waals surface area contributed by atoms with Crippen LogP contribution in [-0.2, 0) is 10.0 Å². The summed E-state index contributed by atoms with van der Waals surface area (Å²) in [6.45, 7) is 4.88. The molecular weight excluding hydrogens is 375 g/mol. The van der Waals surface area contributed by atoms with Crippen LogP contribution >= 0.6 is 11.3 Å². The average molecular weight is 397 g/mol. The summed E-state index contributed by atoms with van der Waals surface area (Å²) in [5.74, 6) is -0.958. The third-order valence-electron chi connectivity index (χ3n) is 4.46. The van der Waals surface area contributed by atoms with Crippen molar-refractivity contribution >= 4 is 27.3 Å². The Bertz CT molecular complexity index is 924. The molecular formula is C18H21FN2O3S2. The predicted molar refractivity (Wildman–Crippen MR) is 99.5 cm³/mol. The SMILES string of the molecule is Cc1cc(S(=O)(=O)N2CCCN(C(=O)c3ccccc3F)CC2)c(C)s1. The van der Waals surface area contributed by atoms with Gasteiger partial charge in [-0.05, 0) is 38.5 Å². The highest BCUT2D eigenvalue weighted by Crippen LogP contribution is 2.28. The Hall–Kier alpha value is -1.77. The number of benzene rings is 1. The Balaban J connectivity index is 1.77. The molecule has 0 spiro atoms. The number of hydrogen-bond donors (Lipinski definition) is 0. The minimum absolute atomic E-state index is 0.0214. The van der Waals surface area contributed by atoms with Gasteiger partial charge < -0.3 is 4.90 Å². The van der Waals surface area contributed by atoms with Crippen LogP contribution in [0.5, 0.6) is 0 Å². The third-order valence-corrected chi connectivity index (χ3v) is 7.58. The van der Waals surface area contributed by atoms with Gasteiger partial charge in [0.2, 0.25) is 10.0 Å². The van der Waals surface area contributed by atoms with E-state index in [2.05, 4.69) is 0 Å². The number of thiophene rings is 1. The Morgan fingerprint density at radius 1 is 1.12 bits per heavy atom. The molecule has 0 radical (unpaired) electrons. The Morgan fingerprint density at radius 3 is 2.50 bits per heavy atom. The molecule has 5 nitrogen and oxygen atoms in total. The van der Waals surface area contributed by atoms with Crippen molar-refractivity contribution in [3.8, 4) is 0 Å². The Morgan fingerprint density at radius 2 is 1.85 bits per heavy atom. The van der Waals surface area contributed by atoms with Crippen molar-refractivity contribution < 1.29 is 17.6 Å². The maximum atomic E-state index is 13.9. The van der Waals surface area contributed by atoms with Crippen molar-refractivity contribution in [3.63, 3.8) is 0 Å². The van der Waals surface area contributed by atoms with E-state index in [4.69, 9.17) is 0 Å². The van der Waals surface area contributed by atoms with Crippen molar-refractivity contribution in [2.45, 2.75) is 25.2 Å². The molecule has 2 aromatic rings. The highest BCUT2D eigenvalue weighted by Gasteiger charge is 2.30. The molecule has 1 aromatic carbocycles. The first-order valence-electron chi connectivity index (χ1n) is 8.41. The zero-order chi connectivity index (χ0) is 18.9. The van der Waals surface area contributed by atoms with Crippen LogP contribution in [0.15, 0.2) is 35.2 Å². The van der Waals surface area contributed by atoms with Crippen molar-refractivity contribution in [3.05, 3.63) is 51.5 Å². The second-order valence-electron chi connectivity index (χ2n) is 6.31. The Kier molecular flexibility index (Phi) is 5.45. The highest BCUT2D eigenvalue weighted by molar-refractivity contribution is 7.89. The minimum Gasteiger partial charge on any atom is -0.337 e. The summed E-state index contributed by atoms with van der Waals surface area (Å²) >= 11 is 1.46. The van der Waals surface area contributed by atoms with Crippen LogP contribution in [0.1, 0.15) is 26.5 Å². The summed E-state index contributed by atoms with van der Waals surface area (Å²) in [6.07, 6.45) is 0.515. The van der Waals surface area contributed by atoms with E-state index in [1.54, 1.807) is 19.1 Å². The molecule has 1 aliphatic rings. The molecule has 140 valence electrons. The van der Waals surface area contributed by atoms with Crippen molar-refractivity contribution in [1.29, 1.82) is 0 Å². The topological polar surface area (TPSA) is 57.7 Å². The first kappa shape index (κ1) is 19.0. The second-order valence-corrected chi connectivity index (χ2v) is 9.67. The van der Waals surface area contributed by atoms with Gasteiger partial charge in [-0.1, -0.05) is 12.1 Å². The van der Waals surface area contributed by atoms with Gasteiger partial charge in [0.1, 0.15) is 5.82 Å². The number of hydrogen-bond acceptors (Lipinski definition) is 4. The molecule has 0 atom stereocenters. The van der Waals surface area contributed by atoms with Crippen LogP contribution in [-0.4, -0.2) is 49.7 Å². The number of nitrogens with zero attached hydrogens (tertiary/aromatic N) is 2. The molecule has 2 heterocycles. The number of carbonyl (C=O) groups excluding carboxylic acids is 1. The van der Waals surface area contributed by atoms with Crippen LogP contribution in [0, 0.1) is 19.7 Å². The van der Waals surface area contributed by atoms with Crippen molar-refractivity contribution in [2.75, 3.05) is 26.2 Å². The Labute approximate surface area is 157 Å². The van der Waals surface area contributed by atoms with E-state index in [1.165, 1.54) is 38.7 Å². The lowest BCUT2D eigenvalue weighted by atomic mass is 10.2. The van der Waals surface area contributed by atoms with Crippen molar-refractivity contribution in [2.24, 2.45) is 0 Å². The van der Waals surface area contributed by atoms with Crippen LogP contribution < -0.4 is 0 Å². The number of halogens is 1. The molecule has 1 amide bonds. The number of aryl methyl sites for hydroxylation is 2. The van der Waals surface area contributed by atoms with Crippen LogP contribution in [0.25, 0.3) is 0 Å². The number of amides is 1. The van der Waals surface area contributed by atoms with E-state index < -0.39 is 21.7 Å². The van der Waals surface area contributed by atoms with Gasteiger partial charge in [-0.2, -0.15) is 4.31 Å². The van der Waals surface area contributed by atoms with Gasteiger partial charge in [-0.3, -0.25) is 4.79 Å². The molecule has 1 fully saturated rings. The predicted octanol–water partition coefficient (Wildman–Crippen LogP) is 3.04. The van der Waals surface area contributed by atoms with Gasteiger partial charge in [0, 0.05) is 35.9 Å². The smallest absolute Gasteiger partial charge is 0.256 e. The summed E-state index contributed by atoms with van der Waals surface area (Å²) < 4.78 is 41.2. The lowest BCUT2D eigenvalue weighted by molar-refractivity contribution is 0.0759. The fourth-order valence-electron chi connectivity index (χ4n) is 3.14. The molecule has 8 heteroatoms. The largest absolute Gasteiger partial charge is 0.337 e. The van der Waals surface area contributed by atoms with Gasteiger partial charge in [0.25, 0.3) is 5.91 Å². The number of carbonyl (C=O) groups is 1. The monoisotopic (exact) mass is 396 g/mol. The van der Waals surface area contributed by atoms with Crippen molar-refractivity contribution in [1.82, 2.24) is 9.21 Å². The molecule has 3 rings (SSSR count). The van der Waals surface area contributed by atoms with E-state index in [-0.39, 0.29) is 18.7 Å². The highest BCUT2D eigenvalue weighted by atomic mass is 32.2. The lowest BCUT2D eigenvalue weighted by Crippen LogP contribution is -2.37. The maximum Gasteiger partial charge on any atom is 0.256 e. The molecule has 0 N–H and O–H groups in total. The van der Waals surface area contributed by atoms with Gasteiger partial charge >= 0.3 is 0 Å².